The summed E-state index contributed by atoms with van der Waals surface area (Å²) in [6.45, 7) is 4.03. The highest BCUT2D eigenvalue weighted by atomic mass is 19.1. The zero-order valence-corrected chi connectivity index (χ0v) is 16.2. The number of hydrogen-bond acceptors (Lipinski definition) is 2. The number of aryl methyl sites for hydroxylation is 2. The van der Waals surface area contributed by atoms with E-state index in [1.54, 1.807) is 23.0 Å². The Labute approximate surface area is 168 Å². The molecule has 144 valence electrons. The normalized spacial score (nSPS) is 10.7. The Morgan fingerprint density at radius 1 is 0.931 bits per heavy atom. The molecule has 4 aromatic rings. The Morgan fingerprint density at radius 2 is 1.66 bits per heavy atom. The fourth-order valence-corrected chi connectivity index (χ4v) is 3.09. The van der Waals surface area contributed by atoms with Crippen LogP contribution in [-0.2, 0) is 0 Å². The van der Waals surface area contributed by atoms with Gasteiger partial charge in [0.25, 0.3) is 5.91 Å². The standard InChI is InChI=1S/C24H20FN3O/c1-16-8-13-20(14-17(16)2)26-24(29)22-15-28(21-6-4-3-5-7-21)27-23(22)18-9-11-19(25)12-10-18/h3-15H,1-2H3,(H,26,29). The molecule has 1 heterocycles. The minimum atomic E-state index is -0.336. The number of nitrogens with zero attached hydrogens (tertiary/aromatic N) is 2. The van der Waals surface area contributed by atoms with Crippen molar-refractivity contribution in [3.63, 3.8) is 0 Å². The van der Waals surface area contributed by atoms with Crippen molar-refractivity contribution in [2.45, 2.75) is 13.8 Å². The van der Waals surface area contributed by atoms with Gasteiger partial charge in [-0.2, -0.15) is 5.10 Å². The number of anilines is 1. The second kappa shape index (κ2) is 7.72. The Kier molecular flexibility index (Phi) is 4.96. The number of amides is 1. The van der Waals surface area contributed by atoms with Crippen LogP contribution in [0.3, 0.4) is 0 Å². The van der Waals surface area contributed by atoms with Crippen LogP contribution in [0.15, 0.2) is 79.0 Å². The molecule has 0 aliphatic heterocycles. The summed E-state index contributed by atoms with van der Waals surface area (Å²) in [5.41, 5.74) is 5.39. The van der Waals surface area contributed by atoms with Gasteiger partial charge < -0.3 is 5.32 Å². The number of hydrogen-bond donors (Lipinski definition) is 1. The molecule has 4 nitrogen and oxygen atoms in total. The second-order valence-corrected chi connectivity index (χ2v) is 6.93. The largest absolute Gasteiger partial charge is 0.322 e. The lowest BCUT2D eigenvalue weighted by atomic mass is 10.1. The molecule has 0 saturated heterocycles. The van der Waals surface area contributed by atoms with Crippen LogP contribution in [0.4, 0.5) is 10.1 Å². The molecule has 0 aliphatic carbocycles. The van der Waals surface area contributed by atoms with Gasteiger partial charge in [-0.25, -0.2) is 9.07 Å². The lowest BCUT2D eigenvalue weighted by molar-refractivity contribution is 0.102. The third-order valence-corrected chi connectivity index (χ3v) is 4.86. The van der Waals surface area contributed by atoms with Gasteiger partial charge in [-0.15, -0.1) is 0 Å². The van der Waals surface area contributed by atoms with E-state index in [1.165, 1.54) is 12.1 Å². The minimum absolute atomic E-state index is 0.269. The van der Waals surface area contributed by atoms with E-state index in [0.717, 1.165) is 22.5 Å². The topological polar surface area (TPSA) is 46.9 Å². The third-order valence-electron chi connectivity index (χ3n) is 4.86. The second-order valence-electron chi connectivity index (χ2n) is 6.93. The van der Waals surface area contributed by atoms with Crippen LogP contribution in [0, 0.1) is 19.7 Å². The molecule has 0 aliphatic rings. The maximum absolute atomic E-state index is 13.4. The van der Waals surface area contributed by atoms with Crippen molar-refractivity contribution in [3.05, 3.63) is 102 Å². The fraction of sp³-hybridized carbons (Fsp3) is 0.0833. The Bertz CT molecular complexity index is 1160. The average molecular weight is 385 g/mol. The Hall–Kier alpha value is -3.73. The molecule has 0 fully saturated rings. The first-order valence-corrected chi connectivity index (χ1v) is 9.31. The Morgan fingerprint density at radius 3 is 2.34 bits per heavy atom. The molecule has 4 rings (SSSR count). The summed E-state index contributed by atoms with van der Waals surface area (Å²) in [5.74, 6) is -0.605. The number of halogens is 1. The predicted octanol–water partition coefficient (Wildman–Crippen LogP) is 5.55. The molecule has 5 heteroatoms. The van der Waals surface area contributed by atoms with Gasteiger partial charge in [0, 0.05) is 17.4 Å². The molecule has 0 atom stereocenters. The molecule has 1 amide bonds. The van der Waals surface area contributed by atoms with Gasteiger partial charge in [0.2, 0.25) is 0 Å². The summed E-state index contributed by atoms with van der Waals surface area (Å²) >= 11 is 0. The monoisotopic (exact) mass is 385 g/mol. The van der Waals surface area contributed by atoms with Gasteiger partial charge in [0.1, 0.15) is 11.5 Å². The van der Waals surface area contributed by atoms with Gasteiger partial charge in [-0.05, 0) is 73.5 Å². The summed E-state index contributed by atoms with van der Waals surface area (Å²) in [5, 5.41) is 7.55. The zero-order chi connectivity index (χ0) is 20.4. The highest BCUT2D eigenvalue weighted by molar-refractivity contribution is 6.08. The van der Waals surface area contributed by atoms with E-state index in [2.05, 4.69) is 10.4 Å². The molecule has 3 aromatic carbocycles. The molecule has 0 unspecified atom stereocenters. The highest BCUT2D eigenvalue weighted by Gasteiger charge is 2.19. The van der Waals surface area contributed by atoms with Gasteiger partial charge in [-0.1, -0.05) is 24.3 Å². The van der Waals surface area contributed by atoms with E-state index in [0.29, 0.717) is 16.8 Å². The minimum Gasteiger partial charge on any atom is -0.322 e. The maximum Gasteiger partial charge on any atom is 0.259 e. The number of carbonyl (C=O) groups excluding carboxylic acids is 1. The number of benzene rings is 3. The lowest BCUT2D eigenvalue weighted by Gasteiger charge is -2.08. The predicted molar refractivity (Wildman–Crippen MR) is 113 cm³/mol. The van der Waals surface area contributed by atoms with Crippen LogP contribution >= 0.6 is 0 Å². The first-order valence-electron chi connectivity index (χ1n) is 9.31. The summed E-state index contributed by atoms with van der Waals surface area (Å²) in [6.07, 6.45) is 1.70. The molecule has 0 spiro atoms. The van der Waals surface area contributed by atoms with E-state index < -0.39 is 0 Å². The van der Waals surface area contributed by atoms with Crippen LogP contribution in [0.25, 0.3) is 16.9 Å². The molecule has 0 saturated carbocycles. The maximum atomic E-state index is 13.4. The summed E-state index contributed by atoms with van der Waals surface area (Å²) in [4.78, 5) is 13.1. The van der Waals surface area contributed by atoms with E-state index in [1.807, 2.05) is 62.4 Å². The van der Waals surface area contributed by atoms with Crippen molar-refractivity contribution in [2.24, 2.45) is 0 Å². The average Bonchev–Trinajstić information content (AvgIpc) is 3.18. The van der Waals surface area contributed by atoms with E-state index in [9.17, 15) is 9.18 Å². The van der Waals surface area contributed by atoms with Crippen molar-refractivity contribution < 1.29 is 9.18 Å². The lowest BCUT2D eigenvalue weighted by Crippen LogP contribution is -2.12. The van der Waals surface area contributed by atoms with Gasteiger partial charge in [0.05, 0.1) is 11.3 Å². The molecular weight excluding hydrogens is 365 g/mol. The molecule has 29 heavy (non-hydrogen) atoms. The quantitative estimate of drug-likeness (QED) is 0.501. The van der Waals surface area contributed by atoms with Crippen molar-refractivity contribution in [2.75, 3.05) is 5.32 Å². The van der Waals surface area contributed by atoms with Crippen LogP contribution in [-0.4, -0.2) is 15.7 Å². The number of aromatic nitrogens is 2. The van der Waals surface area contributed by atoms with Gasteiger partial charge in [0.15, 0.2) is 0 Å². The summed E-state index contributed by atoms with van der Waals surface area (Å²) < 4.78 is 15.0. The first kappa shape index (κ1) is 18.6. The van der Waals surface area contributed by atoms with Crippen molar-refractivity contribution in [1.82, 2.24) is 9.78 Å². The number of nitrogens with one attached hydrogen (secondary N) is 1. The van der Waals surface area contributed by atoms with Crippen molar-refractivity contribution in [3.8, 4) is 16.9 Å². The SMILES string of the molecule is Cc1ccc(NC(=O)c2cn(-c3ccccc3)nc2-c2ccc(F)cc2)cc1C. The summed E-state index contributed by atoms with van der Waals surface area (Å²) in [7, 11) is 0. The van der Waals surface area contributed by atoms with Crippen molar-refractivity contribution >= 4 is 11.6 Å². The first-order chi connectivity index (χ1) is 14.0. The van der Waals surface area contributed by atoms with Crippen LogP contribution in [0.2, 0.25) is 0 Å². The van der Waals surface area contributed by atoms with Crippen molar-refractivity contribution in [1.29, 1.82) is 0 Å². The van der Waals surface area contributed by atoms with Crippen LogP contribution in [0.1, 0.15) is 21.5 Å². The molecule has 1 aromatic heterocycles. The molecule has 0 bridgehead atoms. The highest BCUT2D eigenvalue weighted by Crippen LogP contribution is 2.25. The van der Waals surface area contributed by atoms with E-state index >= 15 is 0 Å². The summed E-state index contributed by atoms with van der Waals surface area (Å²) in [6, 6.07) is 21.3. The number of para-hydroxylation sites is 1. The number of carbonyl (C=O) groups is 1. The van der Waals surface area contributed by atoms with Crippen LogP contribution < -0.4 is 5.32 Å². The van der Waals surface area contributed by atoms with Gasteiger partial charge >= 0.3 is 0 Å². The Balaban J connectivity index is 1.75. The zero-order valence-electron chi connectivity index (χ0n) is 16.2. The van der Waals surface area contributed by atoms with E-state index in [4.69, 9.17) is 0 Å². The molecule has 1 N–H and O–H groups in total. The van der Waals surface area contributed by atoms with Crippen LogP contribution in [0.5, 0.6) is 0 Å². The molecule has 0 radical (unpaired) electrons. The number of rotatable bonds is 4. The fourth-order valence-electron chi connectivity index (χ4n) is 3.09. The van der Waals surface area contributed by atoms with E-state index in [-0.39, 0.29) is 11.7 Å². The molecular formula is C24H20FN3O. The smallest absolute Gasteiger partial charge is 0.259 e. The third kappa shape index (κ3) is 3.94. The van der Waals surface area contributed by atoms with Gasteiger partial charge in [-0.3, -0.25) is 4.79 Å².